The molecule has 1 aliphatic heterocycles. The Bertz CT molecular complexity index is 913. The van der Waals surface area contributed by atoms with Gasteiger partial charge in [-0.15, -0.1) is 0 Å². The van der Waals surface area contributed by atoms with Crippen molar-refractivity contribution in [1.29, 1.82) is 5.26 Å². The third-order valence-corrected chi connectivity index (χ3v) is 5.04. The molecule has 0 unspecified atom stereocenters. The number of carbonyl (C=O) groups is 1. The zero-order chi connectivity index (χ0) is 20.6. The number of aromatic hydroxyl groups is 1. The largest absolute Gasteiger partial charge is 0.508 e. The van der Waals surface area contributed by atoms with Gasteiger partial charge in [0.15, 0.2) is 0 Å². The maximum Gasteiger partial charge on any atom is 0.263 e. The Morgan fingerprint density at radius 2 is 1.90 bits per heavy atom. The molecule has 0 radical (unpaired) electrons. The van der Waals surface area contributed by atoms with Crippen LogP contribution in [0.4, 0.5) is 5.69 Å². The lowest BCUT2D eigenvalue weighted by Gasteiger charge is -2.35. The number of hydrogen-bond acceptors (Lipinski definition) is 5. The average molecular weight is 411 g/mol. The van der Waals surface area contributed by atoms with E-state index in [0.717, 1.165) is 37.4 Å². The second-order valence-electron chi connectivity index (χ2n) is 6.83. The highest BCUT2D eigenvalue weighted by Crippen LogP contribution is 2.21. The van der Waals surface area contributed by atoms with Crippen LogP contribution in [-0.4, -0.2) is 48.6 Å². The van der Waals surface area contributed by atoms with Crippen LogP contribution >= 0.6 is 11.6 Å². The molecule has 150 valence electrons. The number of nitriles is 1. The number of hydrogen-bond donors (Lipinski definition) is 2. The molecule has 1 saturated heterocycles. The number of phenols is 1. The summed E-state index contributed by atoms with van der Waals surface area (Å²) in [6.07, 6.45) is 2.27. The first-order valence-electron chi connectivity index (χ1n) is 9.48. The zero-order valence-corrected chi connectivity index (χ0v) is 16.8. The van der Waals surface area contributed by atoms with Crippen molar-refractivity contribution in [3.8, 4) is 11.8 Å². The number of anilines is 1. The van der Waals surface area contributed by atoms with Gasteiger partial charge in [-0.25, -0.2) is 0 Å². The van der Waals surface area contributed by atoms with Gasteiger partial charge in [0.1, 0.15) is 17.4 Å². The molecular weight excluding hydrogens is 388 g/mol. The van der Waals surface area contributed by atoms with E-state index < -0.39 is 0 Å². The van der Waals surface area contributed by atoms with Crippen molar-refractivity contribution < 1.29 is 9.90 Å². The molecule has 2 aromatic carbocycles. The van der Waals surface area contributed by atoms with Crippen LogP contribution in [0.15, 0.2) is 60.3 Å². The number of nitrogens with one attached hydrogen (secondary N) is 1. The number of amides is 1. The monoisotopic (exact) mass is 410 g/mol. The predicted octanol–water partition coefficient (Wildman–Crippen LogP) is 2.93. The van der Waals surface area contributed by atoms with Gasteiger partial charge < -0.3 is 20.2 Å². The molecule has 0 spiro atoms. The Balaban J connectivity index is 1.49. The van der Waals surface area contributed by atoms with Crippen LogP contribution in [0.3, 0.4) is 0 Å². The number of benzene rings is 2. The van der Waals surface area contributed by atoms with Crippen molar-refractivity contribution in [2.45, 2.75) is 6.42 Å². The maximum atomic E-state index is 12.3. The second-order valence-corrected chi connectivity index (χ2v) is 7.27. The van der Waals surface area contributed by atoms with Crippen LogP contribution in [0.5, 0.6) is 5.75 Å². The van der Waals surface area contributed by atoms with E-state index in [1.54, 1.807) is 18.3 Å². The quantitative estimate of drug-likeness (QED) is 0.565. The second kappa shape index (κ2) is 9.85. The highest BCUT2D eigenvalue weighted by Gasteiger charge is 2.17. The topological polar surface area (TPSA) is 79.6 Å². The van der Waals surface area contributed by atoms with Gasteiger partial charge in [0.25, 0.3) is 5.91 Å². The van der Waals surface area contributed by atoms with Gasteiger partial charge in [-0.05, 0) is 42.3 Å². The van der Waals surface area contributed by atoms with Crippen LogP contribution in [-0.2, 0) is 11.2 Å². The first kappa shape index (κ1) is 20.6. The maximum absolute atomic E-state index is 12.3. The summed E-state index contributed by atoms with van der Waals surface area (Å²) in [6, 6.07) is 16.6. The molecule has 1 fully saturated rings. The fourth-order valence-electron chi connectivity index (χ4n) is 3.18. The lowest BCUT2D eigenvalue weighted by molar-refractivity contribution is -0.117. The fraction of sp³-hybridized carbons (Fsp3) is 0.273. The van der Waals surface area contributed by atoms with E-state index in [4.69, 9.17) is 11.6 Å². The van der Waals surface area contributed by atoms with E-state index in [2.05, 4.69) is 10.2 Å². The van der Waals surface area contributed by atoms with E-state index in [9.17, 15) is 15.2 Å². The standard InChI is InChI=1S/C22H23ClN4O2/c23-19-2-1-3-20(14-19)27-12-10-26(11-13-27)16-18(15-24)22(29)25-9-8-17-4-6-21(28)7-5-17/h1-7,14,16,28H,8-13H2,(H,25,29)/b18-16-. The first-order valence-corrected chi connectivity index (χ1v) is 9.85. The highest BCUT2D eigenvalue weighted by atomic mass is 35.5. The molecule has 6 nitrogen and oxygen atoms in total. The Kier molecular flexibility index (Phi) is 6.99. The van der Waals surface area contributed by atoms with E-state index in [-0.39, 0.29) is 17.2 Å². The van der Waals surface area contributed by atoms with Gasteiger partial charge in [-0.2, -0.15) is 5.26 Å². The van der Waals surface area contributed by atoms with Crippen molar-refractivity contribution in [3.05, 3.63) is 70.9 Å². The van der Waals surface area contributed by atoms with Crippen LogP contribution in [0, 0.1) is 11.3 Å². The summed E-state index contributed by atoms with van der Waals surface area (Å²) in [4.78, 5) is 16.6. The molecule has 1 heterocycles. The van der Waals surface area contributed by atoms with Crippen molar-refractivity contribution in [3.63, 3.8) is 0 Å². The minimum Gasteiger partial charge on any atom is -0.508 e. The van der Waals surface area contributed by atoms with Crippen LogP contribution in [0.1, 0.15) is 5.56 Å². The Hall–Kier alpha value is -3.17. The molecule has 2 N–H and O–H groups in total. The zero-order valence-electron chi connectivity index (χ0n) is 16.0. The molecule has 29 heavy (non-hydrogen) atoms. The van der Waals surface area contributed by atoms with Crippen LogP contribution in [0.2, 0.25) is 5.02 Å². The summed E-state index contributed by atoms with van der Waals surface area (Å²) >= 11 is 6.06. The van der Waals surface area contributed by atoms with Gasteiger partial charge in [0.2, 0.25) is 0 Å². The normalized spacial score (nSPS) is 14.4. The van der Waals surface area contributed by atoms with E-state index in [1.165, 1.54) is 0 Å². The Labute approximate surface area is 175 Å². The van der Waals surface area contributed by atoms with E-state index in [0.29, 0.717) is 18.0 Å². The summed E-state index contributed by atoms with van der Waals surface area (Å²) < 4.78 is 0. The van der Waals surface area contributed by atoms with Gasteiger partial charge >= 0.3 is 0 Å². The van der Waals surface area contributed by atoms with Crippen LogP contribution < -0.4 is 10.2 Å². The average Bonchev–Trinajstić information content (AvgIpc) is 2.74. The SMILES string of the molecule is N#C/C(=C/N1CCN(c2cccc(Cl)c2)CC1)C(=O)NCCc1ccc(O)cc1. The third kappa shape index (κ3) is 5.90. The molecule has 2 aromatic rings. The van der Waals surface area contributed by atoms with E-state index >= 15 is 0 Å². The molecule has 0 atom stereocenters. The number of phenolic OH excluding ortho intramolecular Hbond substituents is 1. The van der Waals surface area contributed by atoms with Crippen molar-refractivity contribution in [1.82, 2.24) is 10.2 Å². The molecule has 0 aliphatic carbocycles. The summed E-state index contributed by atoms with van der Waals surface area (Å²) in [5, 5.41) is 22.2. The Morgan fingerprint density at radius 1 is 1.17 bits per heavy atom. The summed E-state index contributed by atoms with van der Waals surface area (Å²) in [7, 11) is 0. The molecule has 0 aromatic heterocycles. The molecule has 0 saturated carbocycles. The molecule has 0 bridgehead atoms. The van der Waals surface area contributed by atoms with Crippen molar-refractivity contribution in [2.24, 2.45) is 0 Å². The molecule has 1 aliphatic rings. The van der Waals surface area contributed by atoms with Crippen molar-refractivity contribution in [2.75, 3.05) is 37.6 Å². The number of rotatable bonds is 6. The van der Waals surface area contributed by atoms with E-state index in [1.807, 2.05) is 47.4 Å². The van der Waals surface area contributed by atoms with Gasteiger partial charge in [-0.1, -0.05) is 29.8 Å². The number of piperazine rings is 1. The number of carbonyl (C=O) groups excluding carboxylic acids is 1. The van der Waals surface area contributed by atoms with Gasteiger partial charge in [0, 0.05) is 49.6 Å². The smallest absolute Gasteiger partial charge is 0.263 e. The lowest BCUT2D eigenvalue weighted by Crippen LogP contribution is -2.44. The number of halogens is 1. The minimum atomic E-state index is -0.372. The number of nitrogens with zero attached hydrogens (tertiary/aromatic N) is 3. The van der Waals surface area contributed by atoms with Crippen LogP contribution in [0.25, 0.3) is 0 Å². The highest BCUT2D eigenvalue weighted by molar-refractivity contribution is 6.30. The third-order valence-electron chi connectivity index (χ3n) is 4.80. The fourth-order valence-corrected chi connectivity index (χ4v) is 3.37. The minimum absolute atomic E-state index is 0.104. The molecule has 3 rings (SSSR count). The van der Waals surface area contributed by atoms with Crippen molar-refractivity contribution >= 4 is 23.2 Å². The molecular formula is C22H23ClN4O2. The van der Waals surface area contributed by atoms with Gasteiger partial charge in [-0.3, -0.25) is 4.79 Å². The first-order chi connectivity index (χ1) is 14.0. The summed E-state index contributed by atoms with van der Waals surface area (Å²) in [6.45, 7) is 3.44. The predicted molar refractivity (Wildman–Crippen MR) is 114 cm³/mol. The summed E-state index contributed by atoms with van der Waals surface area (Å²) in [5.41, 5.74) is 2.18. The Morgan fingerprint density at radius 3 is 2.55 bits per heavy atom. The molecule has 7 heteroatoms. The lowest BCUT2D eigenvalue weighted by atomic mass is 10.1. The molecule has 1 amide bonds. The van der Waals surface area contributed by atoms with Gasteiger partial charge in [0.05, 0.1) is 0 Å². The summed E-state index contributed by atoms with van der Waals surface area (Å²) in [5.74, 6) is -0.161.